The van der Waals surface area contributed by atoms with Gasteiger partial charge in [-0.15, -0.1) is 0 Å². The van der Waals surface area contributed by atoms with Crippen molar-refractivity contribution in [3.63, 3.8) is 0 Å². The Balaban J connectivity index is 1.43. The maximum atomic E-state index is 11.2. The van der Waals surface area contributed by atoms with Crippen LogP contribution in [0.1, 0.15) is 24.9 Å². The molecule has 24 heavy (non-hydrogen) atoms. The molecule has 0 spiro atoms. The summed E-state index contributed by atoms with van der Waals surface area (Å²) in [6, 6.07) is 17.2. The Labute approximate surface area is 140 Å². The molecule has 2 N–H and O–H groups in total. The molecule has 4 rings (SSSR count). The van der Waals surface area contributed by atoms with Crippen molar-refractivity contribution in [2.24, 2.45) is 0 Å². The second kappa shape index (κ2) is 6.17. The first-order valence-corrected chi connectivity index (χ1v) is 8.37. The Hall–Kier alpha value is -2.53. The van der Waals surface area contributed by atoms with E-state index in [2.05, 4.69) is 52.5 Å². The van der Waals surface area contributed by atoms with Crippen LogP contribution >= 0.6 is 0 Å². The van der Waals surface area contributed by atoms with Crippen LogP contribution in [0.2, 0.25) is 0 Å². The molecule has 1 aliphatic heterocycles. The number of hydrogen-bond acceptors (Lipinski definition) is 4. The van der Waals surface area contributed by atoms with E-state index in [9.17, 15) is 4.79 Å². The molecule has 1 saturated heterocycles. The van der Waals surface area contributed by atoms with Gasteiger partial charge in [0.05, 0.1) is 5.52 Å². The fourth-order valence-electron chi connectivity index (χ4n) is 3.48. The van der Waals surface area contributed by atoms with Gasteiger partial charge in [0.15, 0.2) is 5.58 Å². The lowest BCUT2D eigenvalue weighted by molar-refractivity contribution is 0.261. The molecule has 2 atom stereocenters. The Morgan fingerprint density at radius 3 is 2.92 bits per heavy atom. The number of anilines is 1. The van der Waals surface area contributed by atoms with Crippen LogP contribution in [0.15, 0.2) is 57.7 Å². The molecule has 2 unspecified atom stereocenters. The van der Waals surface area contributed by atoms with E-state index in [1.54, 1.807) is 0 Å². The van der Waals surface area contributed by atoms with Crippen LogP contribution in [0.25, 0.3) is 11.1 Å². The summed E-state index contributed by atoms with van der Waals surface area (Å²) in [7, 11) is 0. The second-order valence-corrected chi connectivity index (χ2v) is 6.44. The molecular weight excluding hydrogens is 302 g/mol. The molecule has 5 heteroatoms. The fraction of sp³-hybridized carbons (Fsp3) is 0.316. The third-order valence-electron chi connectivity index (χ3n) is 4.84. The summed E-state index contributed by atoms with van der Waals surface area (Å²) in [4.78, 5) is 16.5. The normalized spacial score (nSPS) is 19.6. The third kappa shape index (κ3) is 2.95. The van der Waals surface area contributed by atoms with Crippen molar-refractivity contribution in [3.05, 3.63) is 64.6 Å². The van der Waals surface area contributed by atoms with Crippen molar-refractivity contribution in [2.45, 2.75) is 25.4 Å². The van der Waals surface area contributed by atoms with Gasteiger partial charge in [0.2, 0.25) is 0 Å². The van der Waals surface area contributed by atoms with E-state index >= 15 is 0 Å². The topological polar surface area (TPSA) is 61.3 Å². The fourth-order valence-corrected chi connectivity index (χ4v) is 3.48. The van der Waals surface area contributed by atoms with E-state index in [1.165, 1.54) is 5.56 Å². The minimum absolute atomic E-state index is 0.409. The number of hydrogen-bond donors (Lipinski definition) is 2. The molecule has 1 aliphatic rings. The zero-order chi connectivity index (χ0) is 16.5. The van der Waals surface area contributed by atoms with E-state index in [-0.39, 0.29) is 0 Å². The van der Waals surface area contributed by atoms with Crippen LogP contribution < -0.4 is 11.1 Å². The number of oxazole rings is 1. The number of H-pyrrole nitrogens is 1. The number of benzene rings is 2. The summed E-state index contributed by atoms with van der Waals surface area (Å²) < 4.78 is 5.04. The number of rotatable bonds is 4. The summed E-state index contributed by atoms with van der Waals surface area (Å²) in [5, 5.41) is 3.57. The van der Waals surface area contributed by atoms with Gasteiger partial charge in [-0.05, 0) is 37.1 Å². The molecule has 2 aromatic carbocycles. The molecule has 0 saturated carbocycles. The van der Waals surface area contributed by atoms with Gasteiger partial charge in [-0.3, -0.25) is 9.88 Å². The molecule has 124 valence electrons. The van der Waals surface area contributed by atoms with E-state index in [0.717, 1.165) is 30.7 Å². The highest BCUT2D eigenvalue weighted by Gasteiger charge is 2.26. The molecule has 3 aromatic rings. The largest absolute Gasteiger partial charge is 0.417 e. The average Bonchev–Trinajstić information content (AvgIpc) is 3.20. The minimum atomic E-state index is -0.411. The Morgan fingerprint density at radius 1 is 1.25 bits per heavy atom. The quantitative estimate of drug-likeness (QED) is 0.773. The standard InChI is InChI=1S/C19H21N3O2/c1-13(14-5-3-2-4-6-14)22-10-9-16(12-22)20-15-7-8-18-17(11-15)21-19(23)24-18/h2-8,11,13,16,20H,9-10,12H2,1H3,(H,21,23). The van der Waals surface area contributed by atoms with Crippen LogP contribution in [-0.2, 0) is 0 Å². The molecule has 2 heterocycles. The summed E-state index contributed by atoms with van der Waals surface area (Å²) in [5.41, 5.74) is 3.70. The highest BCUT2D eigenvalue weighted by molar-refractivity contribution is 5.76. The highest BCUT2D eigenvalue weighted by Crippen LogP contribution is 2.26. The smallest absolute Gasteiger partial charge is 0.408 e. The SMILES string of the molecule is CC(c1ccccc1)N1CCC(Nc2ccc3oc(=O)[nH]c3c2)C1. The first-order valence-electron chi connectivity index (χ1n) is 8.37. The van der Waals surface area contributed by atoms with Crippen LogP contribution in [0, 0.1) is 0 Å². The summed E-state index contributed by atoms with van der Waals surface area (Å²) in [6.45, 7) is 4.36. The number of aromatic nitrogens is 1. The summed E-state index contributed by atoms with van der Waals surface area (Å²) in [6.07, 6.45) is 1.11. The maximum absolute atomic E-state index is 11.2. The Kier molecular flexibility index (Phi) is 3.86. The van der Waals surface area contributed by atoms with E-state index in [1.807, 2.05) is 18.2 Å². The number of fused-ring (bicyclic) bond motifs is 1. The van der Waals surface area contributed by atoms with Crippen molar-refractivity contribution in [3.8, 4) is 0 Å². The molecule has 0 amide bonds. The lowest BCUT2D eigenvalue weighted by Crippen LogP contribution is -2.28. The summed E-state index contributed by atoms with van der Waals surface area (Å²) in [5.74, 6) is -0.411. The maximum Gasteiger partial charge on any atom is 0.417 e. The van der Waals surface area contributed by atoms with Crippen molar-refractivity contribution in [1.82, 2.24) is 9.88 Å². The minimum Gasteiger partial charge on any atom is -0.408 e. The van der Waals surface area contributed by atoms with Crippen molar-refractivity contribution >= 4 is 16.8 Å². The average molecular weight is 323 g/mol. The van der Waals surface area contributed by atoms with Gasteiger partial charge < -0.3 is 9.73 Å². The Morgan fingerprint density at radius 2 is 2.08 bits per heavy atom. The van der Waals surface area contributed by atoms with Gasteiger partial charge in [-0.2, -0.15) is 0 Å². The van der Waals surface area contributed by atoms with Crippen molar-refractivity contribution in [2.75, 3.05) is 18.4 Å². The van der Waals surface area contributed by atoms with Gasteiger partial charge >= 0.3 is 5.76 Å². The number of nitrogens with zero attached hydrogens (tertiary/aromatic N) is 1. The Bertz CT molecular complexity index is 884. The van der Waals surface area contributed by atoms with Crippen LogP contribution in [-0.4, -0.2) is 29.0 Å². The zero-order valence-electron chi connectivity index (χ0n) is 13.7. The molecule has 1 fully saturated rings. The number of nitrogens with one attached hydrogen (secondary N) is 2. The predicted molar refractivity (Wildman–Crippen MR) is 95.3 cm³/mol. The van der Waals surface area contributed by atoms with Crippen LogP contribution in [0.4, 0.5) is 5.69 Å². The van der Waals surface area contributed by atoms with Crippen LogP contribution in [0.5, 0.6) is 0 Å². The van der Waals surface area contributed by atoms with E-state index < -0.39 is 5.76 Å². The predicted octanol–water partition coefficient (Wildman–Crippen LogP) is 3.37. The molecule has 5 nitrogen and oxygen atoms in total. The molecule has 0 bridgehead atoms. The van der Waals surface area contributed by atoms with Gasteiger partial charge in [0.1, 0.15) is 0 Å². The van der Waals surface area contributed by atoms with Crippen molar-refractivity contribution < 1.29 is 4.42 Å². The van der Waals surface area contributed by atoms with Gasteiger partial charge in [0, 0.05) is 30.9 Å². The first kappa shape index (κ1) is 15.0. The van der Waals surface area contributed by atoms with Gasteiger partial charge in [-0.1, -0.05) is 30.3 Å². The highest BCUT2D eigenvalue weighted by atomic mass is 16.4. The van der Waals surface area contributed by atoms with Crippen LogP contribution in [0.3, 0.4) is 0 Å². The molecular formula is C19H21N3O2. The van der Waals surface area contributed by atoms with E-state index in [0.29, 0.717) is 17.7 Å². The molecule has 0 aliphatic carbocycles. The molecule has 1 aromatic heterocycles. The number of aromatic amines is 1. The summed E-state index contributed by atoms with van der Waals surface area (Å²) >= 11 is 0. The molecule has 0 radical (unpaired) electrons. The second-order valence-electron chi connectivity index (χ2n) is 6.44. The van der Waals surface area contributed by atoms with E-state index in [4.69, 9.17) is 4.42 Å². The lowest BCUT2D eigenvalue weighted by atomic mass is 10.1. The lowest BCUT2D eigenvalue weighted by Gasteiger charge is -2.25. The monoisotopic (exact) mass is 323 g/mol. The van der Waals surface area contributed by atoms with Gasteiger partial charge in [0.25, 0.3) is 0 Å². The third-order valence-corrected chi connectivity index (χ3v) is 4.84. The zero-order valence-corrected chi connectivity index (χ0v) is 13.7. The van der Waals surface area contributed by atoms with Gasteiger partial charge in [-0.25, -0.2) is 4.79 Å². The number of likely N-dealkylation sites (tertiary alicyclic amines) is 1. The first-order chi connectivity index (χ1) is 11.7. The van der Waals surface area contributed by atoms with Crippen molar-refractivity contribution in [1.29, 1.82) is 0 Å².